The summed E-state index contributed by atoms with van der Waals surface area (Å²) in [6, 6.07) is 7.21. The molecule has 1 nitrogen and oxygen atoms in total. The van der Waals surface area contributed by atoms with E-state index in [1.165, 1.54) is 18.2 Å². The minimum Gasteiger partial charge on any atom is -0.388 e. The molecule has 5 heteroatoms. The first-order chi connectivity index (χ1) is 8.97. The van der Waals surface area contributed by atoms with Gasteiger partial charge in [0.25, 0.3) is 0 Å². The maximum atomic E-state index is 13.5. The summed E-state index contributed by atoms with van der Waals surface area (Å²) >= 11 is 3.19. The monoisotopic (exact) mass is 330 g/mol. The smallest absolute Gasteiger partial charge is 0.131 e. The topological polar surface area (TPSA) is 20.2 Å². The summed E-state index contributed by atoms with van der Waals surface area (Å²) in [5, 5.41) is 9.92. The molecule has 19 heavy (non-hydrogen) atoms. The minimum absolute atomic E-state index is 0.0548. The molecular formula is C14H10BrF3O. The zero-order valence-electron chi connectivity index (χ0n) is 9.71. The van der Waals surface area contributed by atoms with Gasteiger partial charge in [-0.1, -0.05) is 22.0 Å². The lowest BCUT2D eigenvalue weighted by Crippen LogP contribution is -2.06. The highest BCUT2D eigenvalue weighted by Crippen LogP contribution is 2.24. The molecule has 0 heterocycles. The Kier molecular flexibility index (Phi) is 4.27. The van der Waals surface area contributed by atoms with Gasteiger partial charge in [-0.05, 0) is 29.8 Å². The van der Waals surface area contributed by atoms with Gasteiger partial charge in [-0.15, -0.1) is 0 Å². The van der Waals surface area contributed by atoms with Crippen molar-refractivity contribution in [3.8, 4) is 0 Å². The molecular weight excluding hydrogens is 321 g/mol. The number of rotatable bonds is 3. The highest BCUT2D eigenvalue weighted by molar-refractivity contribution is 9.10. The summed E-state index contributed by atoms with van der Waals surface area (Å²) in [7, 11) is 0. The summed E-state index contributed by atoms with van der Waals surface area (Å²) in [4.78, 5) is 0. The molecule has 0 aliphatic heterocycles. The Morgan fingerprint density at radius 1 is 1.00 bits per heavy atom. The molecule has 2 rings (SSSR count). The van der Waals surface area contributed by atoms with E-state index in [0.29, 0.717) is 10.5 Å². The predicted molar refractivity (Wildman–Crippen MR) is 69.1 cm³/mol. The third kappa shape index (κ3) is 3.36. The van der Waals surface area contributed by atoms with E-state index in [9.17, 15) is 18.3 Å². The average Bonchev–Trinajstić information content (AvgIpc) is 2.33. The van der Waals surface area contributed by atoms with E-state index in [4.69, 9.17) is 0 Å². The standard InChI is InChI=1S/C14H10BrF3O/c15-9-1-4-12(17)8(5-9)6-14(19)11-3-2-10(16)7-13(11)18/h1-5,7,14,19H,6H2. The van der Waals surface area contributed by atoms with Crippen molar-refractivity contribution >= 4 is 15.9 Å². The first kappa shape index (κ1) is 14.1. The van der Waals surface area contributed by atoms with Crippen molar-refractivity contribution in [2.75, 3.05) is 0 Å². The molecule has 1 atom stereocenters. The lowest BCUT2D eigenvalue weighted by molar-refractivity contribution is 0.172. The Bertz CT molecular complexity index is 601. The lowest BCUT2D eigenvalue weighted by atomic mass is 10.0. The quantitative estimate of drug-likeness (QED) is 0.896. The van der Waals surface area contributed by atoms with Gasteiger partial charge in [-0.2, -0.15) is 0 Å². The lowest BCUT2D eigenvalue weighted by Gasteiger charge is -2.13. The third-order valence-electron chi connectivity index (χ3n) is 2.74. The van der Waals surface area contributed by atoms with Crippen LogP contribution in [0.5, 0.6) is 0 Å². The third-order valence-corrected chi connectivity index (χ3v) is 3.24. The Morgan fingerprint density at radius 3 is 2.42 bits per heavy atom. The average molecular weight is 331 g/mol. The Morgan fingerprint density at radius 2 is 1.74 bits per heavy atom. The molecule has 0 aliphatic rings. The molecule has 100 valence electrons. The van der Waals surface area contributed by atoms with Gasteiger partial charge >= 0.3 is 0 Å². The molecule has 1 N–H and O–H groups in total. The van der Waals surface area contributed by atoms with E-state index < -0.39 is 23.6 Å². The summed E-state index contributed by atoms with van der Waals surface area (Å²) in [6.45, 7) is 0. The van der Waals surface area contributed by atoms with E-state index >= 15 is 0 Å². The second-order valence-electron chi connectivity index (χ2n) is 4.12. The van der Waals surface area contributed by atoms with Gasteiger partial charge in [-0.25, -0.2) is 13.2 Å². The largest absolute Gasteiger partial charge is 0.388 e. The highest BCUT2D eigenvalue weighted by atomic mass is 79.9. The van der Waals surface area contributed by atoms with E-state index in [2.05, 4.69) is 15.9 Å². The molecule has 0 aromatic heterocycles. The maximum Gasteiger partial charge on any atom is 0.131 e. The number of aliphatic hydroxyl groups is 1. The summed E-state index contributed by atoms with van der Waals surface area (Å²) in [5.74, 6) is -2.05. The fourth-order valence-corrected chi connectivity index (χ4v) is 2.20. The number of hydrogen-bond donors (Lipinski definition) is 1. The first-order valence-corrected chi connectivity index (χ1v) is 6.33. The molecule has 0 spiro atoms. The van der Waals surface area contributed by atoms with Crippen LogP contribution in [0.2, 0.25) is 0 Å². The maximum absolute atomic E-state index is 13.5. The van der Waals surface area contributed by atoms with Crippen molar-refractivity contribution < 1.29 is 18.3 Å². The molecule has 0 fully saturated rings. The van der Waals surface area contributed by atoms with Crippen molar-refractivity contribution in [3.63, 3.8) is 0 Å². The van der Waals surface area contributed by atoms with Crippen LogP contribution in [-0.4, -0.2) is 5.11 Å². The van der Waals surface area contributed by atoms with E-state index in [1.54, 1.807) is 0 Å². The molecule has 2 aromatic carbocycles. The van der Waals surface area contributed by atoms with Gasteiger partial charge in [-0.3, -0.25) is 0 Å². The van der Waals surface area contributed by atoms with Crippen LogP contribution in [0.4, 0.5) is 13.2 Å². The van der Waals surface area contributed by atoms with Crippen LogP contribution in [0.15, 0.2) is 40.9 Å². The van der Waals surface area contributed by atoms with Crippen LogP contribution >= 0.6 is 15.9 Å². The van der Waals surface area contributed by atoms with Gasteiger partial charge < -0.3 is 5.11 Å². The molecule has 0 bridgehead atoms. The van der Waals surface area contributed by atoms with Crippen LogP contribution in [-0.2, 0) is 6.42 Å². The fourth-order valence-electron chi connectivity index (χ4n) is 1.79. The zero-order chi connectivity index (χ0) is 14.0. The Balaban J connectivity index is 2.25. The van der Waals surface area contributed by atoms with Crippen molar-refractivity contribution in [3.05, 3.63) is 69.4 Å². The summed E-state index contributed by atoms with van der Waals surface area (Å²) in [6.07, 6.45) is -1.32. The van der Waals surface area contributed by atoms with Gasteiger partial charge in [0.15, 0.2) is 0 Å². The van der Waals surface area contributed by atoms with Crippen molar-refractivity contribution in [1.82, 2.24) is 0 Å². The van der Waals surface area contributed by atoms with Crippen LogP contribution in [0.3, 0.4) is 0 Å². The van der Waals surface area contributed by atoms with E-state index in [1.807, 2.05) is 0 Å². The van der Waals surface area contributed by atoms with Gasteiger partial charge in [0, 0.05) is 22.5 Å². The van der Waals surface area contributed by atoms with Gasteiger partial charge in [0.2, 0.25) is 0 Å². The van der Waals surface area contributed by atoms with E-state index in [-0.39, 0.29) is 17.5 Å². The normalized spacial score (nSPS) is 12.5. The second kappa shape index (κ2) is 5.75. The van der Waals surface area contributed by atoms with Gasteiger partial charge in [0.05, 0.1) is 6.10 Å². The highest BCUT2D eigenvalue weighted by Gasteiger charge is 2.16. The minimum atomic E-state index is -1.23. The number of halogens is 4. The predicted octanol–water partition coefficient (Wildman–Crippen LogP) is 4.14. The molecule has 0 saturated heterocycles. The van der Waals surface area contributed by atoms with Crippen LogP contribution < -0.4 is 0 Å². The fraction of sp³-hybridized carbons (Fsp3) is 0.143. The molecule has 2 aromatic rings. The number of hydrogen-bond acceptors (Lipinski definition) is 1. The van der Waals surface area contributed by atoms with Crippen LogP contribution in [0.1, 0.15) is 17.2 Å². The van der Waals surface area contributed by atoms with Gasteiger partial charge in [0.1, 0.15) is 17.5 Å². The number of aliphatic hydroxyl groups excluding tert-OH is 1. The van der Waals surface area contributed by atoms with Crippen molar-refractivity contribution in [2.45, 2.75) is 12.5 Å². The van der Waals surface area contributed by atoms with Crippen LogP contribution in [0.25, 0.3) is 0 Å². The SMILES string of the molecule is OC(Cc1cc(Br)ccc1F)c1ccc(F)cc1F. The van der Waals surface area contributed by atoms with Crippen molar-refractivity contribution in [1.29, 1.82) is 0 Å². The van der Waals surface area contributed by atoms with Crippen molar-refractivity contribution in [2.24, 2.45) is 0 Å². The molecule has 0 amide bonds. The molecule has 1 unspecified atom stereocenters. The van der Waals surface area contributed by atoms with E-state index in [0.717, 1.165) is 12.1 Å². The Hall–Kier alpha value is -1.33. The Labute approximate surface area is 116 Å². The molecule has 0 aliphatic carbocycles. The van der Waals surface area contributed by atoms with Crippen LogP contribution in [0, 0.1) is 17.5 Å². The summed E-state index contributed by atoms with van der Waals surface area (Å²) in [5.41, 5.74) is 0.200. The zero-order valence-corrected chi connectivity index (χ0v) is 11.3. The first-order valence-electron chi connectivity index (χ1n) is 5.54. The number of benzene rings is 2. The summed E-state index contributed by atoms with van der Waals surface area (Å²) < 4.78 is 40.4. The molecule has 0 saturated carbocycles. The second-order valence-corrected chi connectivity index (χ2v) is 5.04. The molecule has 0 radical (unpaired) electrons.